The van der Waals surface area contributed by atoms with Gasteiger partial charge in [0, 0.05) is 17.7 Å². The lowest BCUT2D eigenvalue weighted by atomic mass is 10.0. The van der Waals surface area contributed by atoms with Crippen LogP contribution in [0.25, 0.3) is 11.6 Å². The van der Waals surface area contributed by atoms with E-state index in [-0.39, 0.29) is 18.3 Å². The number of halogens is 2. The zero-order valence-electron chi connectivity index (χ0n) is 18.8. The van der Waals surface area contributed by atoms with Crippen molar-refractivity contribution in [3.63, 3.8) is 0 Å². The van der Waals surface area contributed by atoms with Crippen molar-refractivity contribution < 1.29 is 18.7 Å². The lowest BCUT2D eigenvalue weighted by Crippen LogP contribution is -2.30. The molecule has 33 heavy (non-hydrogen) atoms. The summed E-state index contributed by atoms with van der Waals surface area (Å²) in [7, 11) is 1.56. The Kier molecular flexibility index (Phi) is 6.84. The van der Waals surface area contributed by atoms with Gasteiger partial charge in [0.2, 0.25) is 0 Å². The van der Waals surface area contributed by atoms with E-state index in [9.17, 15) is 9.18 Å². The van der Waals surface area contributed by atoms with E-state index in [1.54, 1.807) is 19.2 Å². The van der Waals surface area contributed by atoms with E-state index in [0.717, 1.165) is 16.8 Å². The Morgan fingerprint density at radius 2 is 1.88 bits per heavy atom. The van der Waals surface area contributed by atoms with Gasteiger partial charge < -0.3 is 14.4 Å². The highest BCUT2D eigenvalue weighted by molar-refractivity contribution is 9.10. The van der Waals surface area contributed by atoms with Crippen molar-refractivity contribution in [1.29, 1.82) is 0 Å². The number of nitrogens with zero attached hydrogens (tertiary/aromatic N) is 1. The molecule has 0 aromatic heterocycles. The van der Waals surface area contributed by atoms with Crippen LogP contribution in [0.4, 0.5) is 10.1 Å². The van der Waals surface area contributed by atoms with Gasteiger partial charge in [0.1, 0.15) is 12.4 Å². The fraction of sp³-hybridized carbons (Fsp3) is 0.222. The number of ether oxygens (including phenoxy) is 2. The molecule has 0 aliphatic carbocycles. The van der Waals surface area contributed by atoms with Gasteiger partial charge in [0.25, 0.3) is 5.91 Å². The van der Waals surface area contributed by atoms with Gasteiger partial charge in [-0.25, -0.2) is 4.39 Å². The summed E-state index contributed by atoms with van der Waals surface area (Å²) >= 11 is 3.56. The summed E-state index contributed by atoms with van der Waals surface area (Å²) in [5.74, 6) is 1.07. The minimum atomic E-state index is -0.308. The van der Waals surface area contributed by atoms with Crippen LogP contribution >= 0.6 is 15.9 Å². The van der Waals surface area contributed by atoms with Crippen molar-refractivity contribution >= 4 is 39.2 Å². The second kappa shape index (κ2) is 9.79. The van der Waals surface area contributed by atoms with Gasteiger partial charge in [0.05, 0.1) is 17.3 Å². The molecule has 4 rings (SSSR count). The van der Waals surface area contributed by atoms with Crippen LogP contribution in [0.1, 0.15) is 30.5 Å². The third kappa shape index (κ3) is 4.96. The van der Waals surface area contributed by atoms with Crippen LogP contribution in [0.2, 0.25) is 0 Å². The Hall–Kier alpha value is -3.12. The molecule has 0 fully saturated rings. The molecule has 6 heteroatoms. The van der Waals surface area contributed by atoms with Crippen molar-refractivity contribution in [2.45, 2.75) is 20.5 Å². The third-order valence-electron chi connectivity index (χ3n) is 5.34. The van der Waals surface area contributed by atoms with Crippen molar-refractivity contribution in [2.75, 3.05) is 18.6 Å². The van der Waals surface area contributed by atoms with E-state index >= 15 is 0 Å². The van der Waals surface area contributed by atoms with Crippen LogP contribution in [0, 0.1) is 11.7 Å². The minimum absolute atomic E-state index is 0.00794. The van der Waals surface area contributed by atoms with Gasteiger partial charge in [0.15, 0.2) is 11.5 Å². The molecule has 0 spiro atoms. The lowest BCUT2D eigenvalue weighted by molar-refractivity contribution is -0.113. The summed E-state index contributed by atoms with van der Waals surface area (Å²) in [5, 5.41) is 0. The number of carbonyl (C=O) groups is 1. The summed E-state index contributed by atoms with van der Waals surface area (Å²) in [5.41, 5.74) is 4.02. The second-order valence-corrected chi connectivity index (χ2v) is 9.19. The lowest BCUT2D eigenvalue weighted by Gasteiger charge is -2.19. The van der Waals surface area contributed by atoms with E-state index in [1.807, 2.05) is 47.4 Å². The first-order valence-electron chi connectivity index (χ1n) is 10.7. The number of fused-ring (bicyclic) bond motifs is 1. The summed E-state index contributed by atoms with van der Waals surface area (Å²) in [4.78, 5) is 15.1. The van der Waals surface area contributed by atoms with E-state index in [0.29, 0.717) is 39.6 Å². The highest BCUT2D eigenvalue weighted by atomic mass is 79.9. The van der Waals surface area contributed by atoms with E-state index < -0.39 is 0 Å². The van der Waals surface area contributed by atoms with E-state index in [2.05, 4.69) is 29.8 Å². The molecule has 0 atom stereocenters. The first kappa shape index (κ1) is 23.1. The fourth-order valence-electron chi connectivity index (χ4n) is 3.90. The quantitative estimate of drug-likeness (QED) is 0.332. The summed E-state index contributed by atoms with van der Waals surface area (Å²) in [6.07, 6.45) is 1.88. The van der Waals surface area contributed by atoms with Gasteiger partial charge in [-0.2, -0.15) is 0 Å². The molecule has 0 radical (unpaired) electrons. The molecule has 0 saturated carbocycles. The Morgan fingerprint density at radius 1 is 1.09 bits per heavy atom. The maximum Gasteiger partial charge on any atom is 0.259 e. The number of para-hydroxylation sites is 1. The number of methoxy groups -OCH3 is 1. The SMILES string of the molecule is COc1cc(/C=C2\C(=O)N(CC(C)C)c3ccccc32)cc(Br)c1OCc1cccc(F)c1. The van der Waals surface area contributed by atoms with Crippen LogP contribution in [-0.2, 0) is 11.4 Å². The molecule has 1 aliphatic rings. The zero-order chi connectivity index (χ0) is 23.5. The van der Waals surface area contributed by atoms with Crippen LogP contribution in [0.3, 0.4) is 0 Å². The third-order valence-corrected chi connectivity index (χ3v) is 5.93. The molecule has 0 saturated heterocycles. The topological polar surface area (TPSA) is 38.8 Å². The van der Waals surface area contributed by atoms with E-state index in [1.165, 1.54) is 12.1 Å². The minimum Gasteiger partial charge on any atom is -0.493 e. The van der Waals surface area contributed by atoms with Crippen molar-refractivity contribution in [1.82, 2.24) is 0 Å². The maximum absolute atomic E-state index is 13.5. The highest BCUT2D eigenvalue weighted by Crippen LogP contribution is 2.41. The molecular formula is C27H25BrFNO3. The summed E-state index contributed by atoms with van der Waals surface area (Å²) < 4.78 is 25.6. The molecule has 3 aromatic carbocycles. The van der Waals surface area contributed by atoms with Gasteiger partial charge in [-0.15, -0.1) is 0 Å². The molecule has 1 aliphatic heterocycles. The average molecular weight is 510 g/mol. The predicted octanol–water partition coefficient (Wildman–Crippen LogP) is 6.72. The van der Waals surface area contributed by atoms with Crippen LogP contribution in [0.5, 0.6) is 11.5 Å². The molecule has 0 unspecified atom stereocenters. The van der Waals surface area contributed by atoms with Gasteiger partial charge in [-0.3, -0.25) is 4.79 Å². The Balaban J connectivity index is 1.66. The molecule has 0 N–H and O–H groups in total. The second-order valence-electron chi connectivity index (χ2n) is 8.34. The van der Waals surface area contributed by atoms with Crippen molar-refractivity contribution in [3.8, 4) is 11.5 Å². The average Bonchev–Trinajstić information content (AvgIpc) is 3.03. The number of anilines is 1. The number of carbonyl (C=O) groups excluding carboxylic acids is 1. The predicted molar refractivity (Wildman–Crippen MR) is 133 cm³/mol. The van der Waals surface area contributed by atoms with Crippen LogP contribution in [-0.4, -0.2) is 19.6 Å². The first-order chi connectivity index (χ1) is 15.9. The molecule has 1 heterocycles. The standard InChI is InChI=1S/C27H25BrFNO3/c1-17(2)15-30-24-10-5-4-9-21(24)22(27(30)31)12-19-13-23(28)26(25(14-19)32-3)33-16-18-7-6-8-20(29)11-18/h4-14,17H,15-16H2,1-3H3/b22-12-. The zero-order valence-corrected chi connectivity index (χ0v) is 20.4. The molecule has 4 nitrogen and oxygen atoms in total. The molecule has 3 aromatic rings. The normalized spacial score (nSPS) is 14.2. The monoisotopic (exact) mass is 509 g/mol. The Morgan fingerprint density at radius 3 is 2.61 bits per heavy atom. The number of rotatable bonds is 7. The highest BCUT2D eigenvalue weighted by Gasteiger charge is 2.32. The largest absolute Gasteiger partial charge is 0.493 e. The number of hydrogen-bond donors (Lipinski definition) is 0. The van der Waals surface area contributed by atoms with Crippen LogP contribution in [0.15, 0.2) is 65.1 Å². The summed E-state index contributed by atoms with van der Waals surface area (Å²) in [6, 6.07) is 17.8. The molecule has 0 bridgehead atoms. The van der Waals surface area contributed by atoms with Gasteiger partial charge in [-0.05, 0) is 69.4 Å². The van der Waals surface area contributed by atoms with Crippen LogP contribution < -0.4 is 14.4 Å². The Bertz CT molecular complexity index is 1220. The molecular weight excluding hydrogens is 485 g/mol. The van der Waals surface area contributed by atoms with Crippen molar-refractivity contribution in [2.24, 2.45) is 5.92 Å². The number of amides is 1. The van der Waals surface area contributed by atoms with Gasteiger partial charge >= 0.3 is 0 Å². The fourth-order valence-corrected chi connectivity index (χ4v) is 4.48. The maximum atomic E-state index is 13.5. The van der Waals surface area contributed by atoms with Crippen molar-refractivity contribution in [3.05, 3.63) is 87.6 Å². The smallest absolute Gasteiger partial charge is 0.259 e. The first-order valence-corrected chi connectivity index (χ1v) is 11.5. The number of hydrogen-bond acceptors (Lipinski definition) is 3. The van der Waals surface area contributed by atoms with E-state index in [4.69, 9.17) is 9.47 Å². The molecule has 1 amide bonds. The van der Waals surface area contributed by atoms with Gasteiger partial charge in [-0.1, -0.05) is 44.2 Å². The molecule has 170 valence electrons. The summed E-state index contributed by atoms with van der Waals surface area (Å²) in [6.45, 7) is 5.06. The Labute approximate surface area is 201 Å². The number of benzene rings is 3.